The Hall–Kier alpha value is -3.05. The standard InChI is InChI=1S/C20H17N3OS/c24-19(23-20(25)22-14-18-8-4-5-13-21-18)17-11-9-16(10-12-17)15-6-2-1-3-7-15/h1-13H,14H2,(H2,22,23,24,25). The Labute approximate surface area is 151 Å². The van der Waals surface area contributed by atoms with Gasteiger partial charge in [-0.15, -0.1) is 0 Å². The molecule has 0 spiro atoms. The summed E-state index contributed by atoms with van der Waals surface area (Å²) in [5.41, 5.74) is 3.59. The van der Waals surface area contributed by atoms with Crippen molar-refractivity contribution >= 4 is 23.2 Å². The van der Waals surface area contributed by atoms with Crippen molar-refractivity contribution in [2.75, 3.05) is 0 Å². The Kier molecular flexibility index (Phi) is 5.49. The Morgan fingerprint density at radius 2 is 1.56 bits per heavy atom. The predicted molar refractivity (Wildman–Crippen MR) is 103 cm³/mol. The predicted octanol–water partition coefficient (Wildman–Crippen LogP) is 3.55. The summed E-state index contributed by atoms with van der Waals surface area (Å²) in [7, 11) is 0. The van der Waals surface area contributed by atoms with E-state index >= 15 is 0 Å². The van der Waals surface area contributed by atoms with Crippen LogP contribution in [-0.2, 0) is 6.54 Å². The average molecular weight is 347 g/mol. The van der Waals surface area contributed by atoms with E-state index in [2.05, 4.69) is 15.6 Å². The van der Waals surface area contributed by atoms with Crippen molar-refractivity contribution in [3.8, 4) is 11.1 Å². The molecule has 25 heavy (non-hydrogen) atoms. The number of benzene rings is 2. The van der Waals surface area contributed by atoms with E-state index in [0.717, 1.165) is 16.8 Å². The molecule has 2 aromatic carbocycles. The van der Waals surface area contributed by atoms with Crippen molar-refractivity contribution in [3.63, 3.8) is 0 Å². The molecule has 124 valence electrons. The van der Waals surface area contributed by atoms with Gasteiger partial charge in [-0.2, -0.15) is 0 Å². The molecule has 4 nitrogen and oxygen atoms in total. The van der Waals surface area contributed by atoms with Crippen LogP contribution < -0.4 is 10.6 Å². The number of pyridine rings is 1. The molecule has 0 aliphatic carbocycles. The van der Waals surface area contributed by atoms with Gasteiger partial charge in [0.05, 0.1) is 12.2 Å². The van der Waals surface area contributed by atoms with Crippen molar-refractivity contribution in [2.45, 2.75) is 6.54 Å². The van der Waals surface area contributed by atoms with Crippen LogP contribution in [0.2, 0.25) is 0 Å². The van der Waals surface area contributed by atoms with Gasteiger partial charge in [0.15, 0.2) is 5.11 Å². The third-order valence-corrected chi connectivity index (χ3v) is 3.88. The quantitative estimate of drug-likeness (QED) is 0.709. The van der Waals surface area contributed by atoms with E-state index in [9.17, 15) is 4.79 Å². The molecule has 0 bridgehead atoms. The lowest BCUT2D eigenvalue weighted by atomic mass is 10.0. The Balaban J connectivity index is 1.56. The fourth-order valence-electron chi connectivity index (χ4n) is 2.34. The van der Waals surface area contributed by atoms with Gasteiger partial charge in [-0.05, 0) is 47.6 Å². The van der Waals surface area contributed by atoms with Crippen LogP contribution in [-0.4, -0.2) is 16.0 Å². The van der Waals surface area contributed by atoms with Crippen LogP contribution in [0.1, 0.15) is 16.1 Å². The van der Waals surface area contributed by atoms with E-state index in [1.807, 2.05) is 60.7 Å². The normalized spacial score (nSPS) is 10.1. The number of hydrogen-bond acceptors (Lipinski definition) is 3. The third kappa shape index (κ3) is 4.71. The van der Waals surface area contributed by atoms with Gasteiger partial charge in [-0.3, -0.25) is 15.1 Å². The number of aromatic nitrogens is 1. The number of rotatable bonds is 4. The fourth-order valence-corrected chi connectivity index (χ4v) is 2.50. The van der Waals surface area contributed by atoms with Gasteiger partial charge >= 0.3 is 0 Å². The lowest BCUT2D eigenvalue weighted by molar-refractivity contribution is 0.0976. The highest BCUT2D eigenvalue weighted by Gasteiger charge is 2.08. The molecule has 1 aromatic heterocycles. The van der Waals surface area contributed by atoms with Crippen molar-refractivity contribution in [1.29, 1.82) is 0 Å². The third-order valence-electron chi connectivity index (χ3n) is 3.64. The summed E-state index contributed by atoms with van der Waals surface area (Å²) < 4.78 is 0. The summed E-state index contributed by atoms with van der Waals surface area (Å²) in [4.78, 5) is 16.5. The molecular weight excluding hydrogens is 330 g/mol. The molecule has 1 heterocycles. The fraction of sp³-hybridized carbons (Fsp3) is 0.0500. The van der Waals surface area contributed by atoms with Gasteiger partial charge in [-0.1, -0.05) is 48.5 Å². The molecule has 0 atom stereocenters. The smallest absolute Gasteiger partial charge is 0.257 e. The van der Waals surface area contributed by atoms with E-state index in [1.165, 1.54) is 0 Å². The zero-order valence-electron chi connectivity index (χ0n) is 13.5. The first-order valence-electron chi connectivity index (χ1n) is 7.87. The minimum atomic E-state index is -0.238. The van der Waals surface area contributed by atoms with Crippen LogP contribution in [0.15, 0.2) is 79.0 Å². The van der Waals surface area contributed by atoms with E-state index in [1.54, 1.807) is 18.3 Å². The number of carbonyl (C=O) groups is 1. The zero-order valence-corrected chi connectivity index (χ0v) is 14.3. The number of thiocarbonyl (C=S) groups is 1. The molecule has 5 heteroatoms. The Bertz CT molecular complexity index is 849. The minimum Gasteiger partial charge on any atom is -0.357 e. The van der Waals surface area contributed by atoms with Crippen molar-refractivity contribution < 1.29 is 4.79 Å². The van der Waals surface area contributed by atoms with Crippen LogP contribution in [0.3, 0.4) is 0 Å². The Morgan fingerprint density at radius 1 is 0.880 bits per heavy atom. The van der Waals surface area contributed by atoms with Crippen LogP contribution in [0, 0.1) is 0 Å². The second kappa shape index (κ2) is 8.17. The number of nitrogens with one attached hydrogen (secondary N) is 2. The van der Waals surface area contributed by atoms with Gasteiger partial charge < -0.3 is 5.32 Å². The van der Waals surface area contributed by atoms with Gasteiger partial charge in [0.25, 0.3) is 5.91 Å². The molecular formula is C20H17N3OS. The monoisotopic (exact) mass is 347 g/mol. The summed E-state index contributed by atoms with van der Waals surface area (Å²) in [5, 5.41) is 5.93. The summed E-state index contributed by atoms with van der Waals surface area (Å²) in [6.07, 6.45) is 1.72. The van der Waals surface area contributed by atoms with Crippen LogP contribution in [0.4, 0.5) is 0 Å². The summed E-state index contributed by atoms with van der Waals surface area (Å²) in [6.45, 7) is 0.465. The number of nitrogens with zero attached hydrogens (tertiary/aromatic N) is 1. The molecule has 1 amide bonds. The lowest BCUT2D eigenvalue weighted by Gasteiger charge is -2.09. The van der Waals surface area contributed by atoms with E-state index in [0.29, 0.717) is 12.1 Å². The highest BCUT2D eigenvalue weighted by Crippen LogP contribution is 2.19. The molecule has 0 fully saturated rings. The highest BCUT2D eigenvalue weighted by atomic mass is 32.1. The molecule has 0 unspecified atom stereocenters. The second-order valence-electron chi connectivity index (χ2n) is 5.40. The maximum atomic E-state index is 12.3. The van der Waals surface area contributed by atoms with Crippen molar-refractivity contribution in [3.05, 3.63) is 90.3 Å². The molecule has 0 aliphatic rings. The van der Waals surface area contributed by atoms with E-state index < -0.39 is 0 Å². The topological polar surface area (TPSA) is 54.0 Å². The largest absolute Gasteiger partial charge is 0.357 e. The molecule has 3 aromatic rings. The number of carbonyl (C=O) groups excluding carboxylic acids is 1. The highest BCUT2D eigenvalue weighted by molar-refractivity contribution is 7.80. The summed E-state index contributed by atoms with van der Waals surface area (Å²) >= 11 is 5.16. The SMILES string of the molecule is O=C(NC(=S)NCc1ccccn1)c1ccc(-c2ccccc2)cc1. The van der Waals surface area contributed by atoms with Crippen LogP contribution >= 0.6 is 12.2 Å². The molecule has 0 aliphatic heterocycles. The summed E-state index contributed by atoms with van der Waals surface area (Å²) in [6, 6.07) is 23.1. The number of amides is 1. The van der Waals surface area contributed by atoms with Gasteiger partial charge in [0.2, 0.25) is 0 Å². The van der Waals surface area contributed by atoms with E-state index in [4.69, 9.17) is 12.2 Å². The van der Waals surface area contributed by atoms with Crippen molar-refractivity contribution in [1.82, 2.24) is 15.6 Å². The number of hydrogen-bond donors (Lipinski definition) is 2. The Morgan fingerprint density at radius 3 is 2.24 bits per heavy atom. The van der Waals surface area contributed by atoms with Crippen LogP contribution in [0.25, 0.3) is 11.1 Å². The summed E-state index contributed by atoms with van der Waals surface area (Å²) in [5.74, 6) is -0.238. The first-order chi connectivity index (χ1) is 12.2. The lowest BCUT2D eigenvalue weighted by Crippen LogP contribution is -2.38. The average Bonchev–Trinajstić information content (AvgIpc) is 2.68. The molecule has 0 saturated heterocycles. The molecule has 2 N–H and O–H groups in total. The first-order valence-corrected chi connectivity index (χ1v) is 8.28. The zero-order chi connectivity index (χ0) is 17.5. The minimum absolute atomic E-state index is 0.238. The van der Waals surface area contributed by atoms with Crippen molar-refractivity contribution in [2.24, 2.45) is 0 Å². The first kappa shape index (κ1) is 16.8. The molecule has 3 rings (SSSR count). The maximum absolute atomic E-state index is 12.3. The second-order valence-corrected chi connectivity index (χ2v) is 5.81. The van der Waals surface area contributed by atoms with Gasteiger partial charge in [-0.25, -0.2) is 0 Å². The van der Waals surface area contributed by atoms with Crippen LogP contribution in [0.5, 0.6) is 0 Å². The van der Waals surface area contributed by atoms with Gasteiger partial charge in [0.1, 0.15) is 0 Å². The molecule has 0 radical (unpaired) electrons. The van der Waals surface area contributed by atoms with E-state index in [-0.39, 0.29) is 11.0 Å². The van der Waals surface area contributed by atoms with Gasteiger partial charge in [0, 0.05) is 11.8 Å². The molecule has 0 saturated carbocycles. The maximum Gasteiger partial charge on any atom is 0.257 e.